The monoisotopic (exact) mass is 468 g/mol. The topological polar surface area (TPSA) is 68.9 Å². The maximum Gasteiger partial charge on any atom is 0.417 e. The highest BCUT2D eigenvalue weighted by molar-refractivity contribution is 7.89. The van der Waals surface area contributed by atoms with Crippen LogP contribution in [0.15, 0.2) is 60.0 Å². The summed E-state index contributed by atoms with van der Waals surface area (Å²) in [5.41, 5.74) is 1.27. The van der Waals surface area contributed by atoms with E-state index in [1.807, 2.05) is 0 Å². The Morgan fingerprint density at radius 3 is 2.42 bits per heavy atom. The Morgan fingerprint density at radius 1 is 1.10 bits per heavy atom. The summed E-state index contributed by atoms with van der Waals surface area (Å²) in [7, 11) is -0.591. The van der Waals surface area contributed by atoms with Gasteiger partial charge in [-0.05, 0) is 43.4 Å². The zero-order chi connectivity index (χ0) is 22.6. The van der Waals surface area contributed by atoms with Gasteiger partial charge in [-0.15, -0.1) is 0 Å². The van der Waals surface area contributed by atoms with Gasteiger partial charge in [-0.1, -0.05) is 11.6 Å². The minimum atomic E-state index is -4.57. The Balaban J connectivity index is 1.98. The number of nitrogens with one attached hydrogen (secondary N) is 1. The second kappa shape index (κ2) is 7.40. The number of aromatic nitrogens is 3. The fraction of sp³-hybridized carbons (Fsp3) is 0.150. The molecule has 0 aliphatic carbocycles. The van der Waals surface area contributed by atoms with Crippen molar-refractivity contribution < 1.29 is 21.6 Å². The largest absolute Gasteiger partial charge is 0.417 e. The zero-order valence-electron chi connectivity index (χ0n) is 16.3. The Labute approximate surface area is 180 Å². The van der Waals surface area contributed by atoms with Gasteiger partial charge >= 0.3 is 6.18 Å². The summed E-state index contributed by atoms with van der Waals surface area (Å²) in [4.78, 5) is 4.39. The number of rotatable bonds is 4. The molecule has 11 heteroatoms. The molecule has 0 unspecified atom stereocenters. The van der Waals surface area contributed by atoms with Crippen LogP contribution in [-0.2, 0) is 23.2 Å². The lowest BCUT2D eigenvalue weighted by Gasteiger charge is -2.12. The summed E-state index contributed by atoms with van der Waals surface area (Å²) in [5.74, 6) is 0. The van der Waals surface area contributed by atoms with Gasteiger partial charge in [-0.2, -0.15) is 13.2 Å². The highest BCUT2D eigenvalue weighted by Gasteiger charge is 2.33. The highest BCUT2D eigenvalue weighted by Crippen LogP contribution is 2.38. The number of hydrogen-bond donors (Lipinski definition) is 1. The quantitative estimate of drug-likeness (QED) is 0.475. The summed E-state index contributed by atoms with van der Waals surface area (Å²) in [5, 5.41) is 0.145. The number of hydrogen-bond acceptors (Lipinski definition) is 3. The number of aryl methyl sites for hydroxylation is 1. The van der Waals surface area contributed by atoms with Gasteiger partial charge in [0.25, 0.3) is 0 Å². The van der Waals surface area contributed by atoms with Crippen molar-refractivity contribution in [2.45, 2.75) is 11.1 Å². The van der Waals surface area contributed by atoms with Crippen LogP contribution < -0.4 is 4.72 Å². The molecule has 4 rings (SSSR count). The number of benzene rings is 2. The second-order valence-electron chi connectivity index (χ2n) is 6.89. The van der Waals surface area contributed by atoms with Crippen molar-refractivity contribution in [1.82, 2.24) is 18.8 Å². The zero-order valence-corrected chi connectivity index (χ0v) is 17.8. The Hall–Kier alpha value is -2.82. The van der Waals surface area contributed by atoms with Crippen LogP contribution in [0, 0.1) is 0 Å². The van der Waals surface area contributed by atoms with Gasteiger partial charge in [-0.3, -0.25) is 0 Å². The molecule has 2 heterocycles. The lowest BCUT2D eigenvalue weighted by atomic mass is 10.1. The van der Waals surface area contributed by atoms with E-state index < -0.39 is 26.8 Å². The average molecular weight is 469 g/mol. The van der Waals surface area contributed by atoms with E-state index in [2.05, 4.69) is 9.71 Å². The van der Waals surface area contributed by atoms with E-state index in [9.17, 15) is 21.6 Å². The molecule has 0 aliphatic rings. The molecule has 31 heavy (non-hydrogen) atoms. The van der Waals surface area contributed by atoms with Crippen LogP contribution in [0.25, 0.3) is 27.8 Å². The normalized spacial score (nSPS) is 12.6. The summed E-state index contributed by atoms with van der Waals surface area (Å²) in [6.45, 7) is 0. The highest BCUT2D eigenvalue weighted by atomic mass is 35.5. The molecule has 0 atom stereocenters. The third kappa shape index (κ3) is 3.82. The third-order valence-electron chi connectivity index (χ3n) is 4.87. The van der Waals surface area contributed by atoms with Gasteiger partial charge in [0.2, 0.25) is 10.0 Å². The molecule has 0 saturated carbocycles. The number of alkyl halides is 3. The summed E-state index contributed by atoms with van der Waals surface area (Å²) < 4.78 is 69.5. The van der Waals surface area contributed by atoms with Gasteiger partial charge in [-0.25, -0.2) is 18.1 Å². The molecule has 162 valence electrons. The molecular weight excluding hydrogens is 453 g/mol. The van der Waals surface area contributed by atoms with Crippen molar-refractivity contribution >= 4 is 32.5 Å². The Kier molecular flexibility index (Phi) is 5.11. The van der Waals surface area contributed by atoms with Crippen LogP contribution >= 0.6 is 11.6 Å². The molecule has 4 aromatic rings. The van der Waals surface area contributed by atoms with E-state index in [0.717, 1.165) is 6.07 Å². The van der Waals surface area contributed by atoms with Gasteiger partial charge < -0.3 is 9.13 Å². The predicted molar refractivity (Wildman–Crippen MR) is 112 cm³/mol. The van der Waals surface area contributed by atoms with Crippen LogP contribution in [0.4, 0.5) is 13.2 Å². The first kappa shape index (κ1) is 21.4. The first-order valence-electron chi connectivity index (χ1n) is 8.95. The number of imidazole rings is 1. The standard InChI is InChI=1S/C20H16ClF3N4O2S/c1-25-31(29,30)13-4-6-19-14(8-13)15(18-10-27(2)11-26-18)9-28(19)12-3-5-16(17(21)7-12)20(22,23)24/h3-11,25H,1-2H3. The summed E-state index contributed by atoms with van der Waals surface area (Å²) >= 11 is 5.91. The fourth-order valence-corrected chi connectivity index (χ4v) is 4.39. The van der Waals surface area contributed by atoms with Gasteiger partial charge in [0, 0.05) is 36.1 Å². The minimum Gasteiger partial charge on any atom is -0.340 e. The number of nitrogens with zero attached hydrogens (tertiary/aromatic N) is 3. The van der Waals surface area contributed by atoms with E-state index >= 15 is 0 Å². The van der Waals surface area contributed by atoms with Crippen molar-refractivity contribution in [1.29, 1.82) is 0 Å². The molecule has 1 N–H and O–H groups in total. The Morgan fingerprint density at radius 2 is 1.84 bits per heavy atom. The fourth-order valence-electron chi connectivity index (χ4n) is 3.35. The van der Waals surface area contributed by atoms with Crippen LogP contribution in [-0.4, -0.2) is 29.6 Å². The minimum absolute atomic E-state index is 0.0582. The molecule has 0 saturated heterocycles. The van der Waals surface area contributed by atoms with E-state index in [1.165, 1.54) is 31.3 Å². The van der Waals surface area contributed by atoms with Gasteiger partial charge in [0.15, 0.2) is 0 Å². The van der Waals surface area contributed by atoms with Crippen molar-refractivity contribution in [3.8, 4) is 16.9 Å². The first-order valence-corrected chi connectivity index (χ1v) is 10.8. The molecule has 0 aliphatic heterocycles. The predicted octanol–water partition coefficient (Wildman–Crippen LogP) is 4.61. The van der Waals surface area contributed by atoms with Crippen LogP contribution in [0.3, 0.4) is 0 Å². The summed E-state index contributed by atoms with van der Waals surface area (Å²) in [6, 6.07) is 7.99. The number of sulfonamides is 1. The lowest BCUT2D eigenvalue weighted by molar-refractivity contribution is -0.137. The molecule has 2 aromatic carbocycles. The van der Waals surface area contributed by atoms with Crippen molar-refractivity contribution in [2.24, 2.45) is 7.05 Å². The maximum absolute atomic E-state index is 13.1. The third-order valence-corrected chi connectivity index (χ3v) is 6.60. The van der Waals surface area contributed by atoms with Gasteiger partial charge in [0.05, 0.1) is 33.0 Å². The molecular formula is C20H16ClF3N4O2S. The van der Waals surface area contributed by atoms with E-state index in [4.69, 9.17) is 11.6 Å². The number of halogens is 4. The molecule has 0 amide bonds. The number of fused-ring (bicyclic) bond motifs is 1. The van der Waals surface area contributed by atoms with E-state index in [1.54, 1.807) is 41.0 Å². The lowest BCUT2D eigenvalue weighted by Crippen LogP contribution is -2.18. The van der Waals surface area contributed by atoms with E-state index in [-0.39, 0.29) is 4.90 Å². The van der Waals surface area contributed by atoms with Crippen molar-refractivity contribution in [3.05, 3.63) is 65.7 Å². The van der Waals surface area contributed by atoms with Crippen LogP contribution in [0.1, 0.15) is 5.56 Å². The molecule has 0 bridgehead atoms. The van der Waals surface area contributed by atoms with Crippen molar-refractivity contribution in [3.63, 3.8) is 0 Å². The second-order valence-corrected chi connectivity index (χ2v) is 9.18. The molecule has 0 spiro atoms. The Bertz CT molecular complexity index is 1410. The molecule has 0 fully saturated rings. The van der Waals surface area contributed by atoms with Crippen LogP contribution in [0.5, 0.6) is 0 Å². The molecule has 2 aromatic heterocycles. The van der Waals surface area contributed by atoms with Crippen LogP contribution in [0.2, 0.25) is 5.02 Å². The maximum atomic E-state index is 13.1. The molecule has 0 radical (unpaired) electrons. The smallest absolute Gasteiger partial charge is 0.340 e. The SMILES string of the molecule is CNS(=O)(=O)c1ccc2c(c1)c(-c1cn(C)cn1)cn2-c1ccc(C(F)(F)F)c(Cl)c1. The summed E-state index contributed by atoms with van der Waals surface area (Å²) in [6.07, 6.45) is 0.491. The molecule has 6 nitrogen and oxygen atoms in total. The first-order chi connectivity index (χ1) is 14.5. The van der Waals surface area contributed by atoms with E-state index in [0.29, 0.717) is 27.8 Å². The van der Waals surface area contributed by atoms with Crippen molar-refractivity contribution in [2.75, 3.05) is 7.05 Å². The van der Waals surface area contributed by atoms with Gasteiger partial charge in [0.1, 0.15) is 0 Å². The average Bonchev–Trinajstić information content (AvgIpc) is 3.29.